The summed E-state index contributed by atoms with van der Waals surface area (Å²) in [7, 11) is 1.48. The maximum absolute atomic E-state index is 13.6. The third-order valence-electron chi connectivity index (χ3n) is 3.94. The summed E-state index contributed by atoms with van der Waals surface area (Å²) in [6.45, 7) is 0.00899. The molecular weight excluding hydrogens is 378 g/mol. The van der Waals surface area contributed by atoms with E-state index in [9.17, 15) is 22.4 Å². The smallest absolute Gasteiger partial charge is 0.434 e. The second-order valence-electron chi connectivity index (χ2n) is 5.83. The van der Waals surface area contributed by atoms with Crippen LogP contribution in [0.25, 0.3) is 5.69 Å². The number of hydrogen-bond donors (Lipinski definition) is 1. The van der Waals surface area contributed by atoms with Crippen molar-refractivity contribution < 1.29 is 27.1 Å². The first-order chi connectivity index (χ1) is 13.3. The van der Waals surface area contributed by atoms with Crippen LogP contribution >= 0.6 is 0 Å². The van der Waals surface area contributed by atoms with Crippen molar-refractivity contribution in [2.75, 3.05) is 7.11 Å². The van der Waals surface area contributed by atoms with Crippen LogP contribution in [0.2, 0.25) is 0 Å². The van der Waals surface area contributed by atoms with Gasteiger partial charge in [-0.25, -0.2) is 9.07 Å². The minimum Gasteiger partial charge on any atom is -0.497 e. The predicted molar refractivity (Wildman–Crippen MR) is 92.7 cm³/mol. The van der Waals surface area contributed by atoms with E-state index in [2.05, 4.69) is 10.4 Å². The van der Waals surface area contributed by atoms with E-state index >= 15 is 0 Å². The van der Waals surface area contributed by atoms with Gasteiger partial charge in [0.2, 0.25) is 0 Å². The highest BCUT2D eigenvalue weighted by atomic mass is 19.4. The van der Waals surface area contributed by atoms with E-state index in [4.69, 9.17) is 4.74 Å². The minimum absolute atomic E-state index is 0.00899. The van der Waals surface area contributed by atoms with Gasteiger partial charge in [0.1, 0.15) is 11.6 Å². The highest BCUT2D eigenvalue weighted by Gasteiger charge is 2.40. The summed E-state index contributed by atoms with van der Waals surface area (Å²) in [5.74, 6) is -0.962. The Hall–Kier alpha value is -3.36. The molecule has 0 saturated carbocycles. The van der Waals surface area contributed by atoms with Gasteiger partial charge >= 0.3 is 6.18 Å². The molecular formula is C19H15F4N3O2. The standard InChI is InChI=1S/C19H15F4N3O2/c1-28-15-4-2-3-12(9-15)10-24-18(27)16-11-25-26(17(16)19(21,22)23)14-7-5-13(20)6-8-14/h2-9,11H,10H2,1H3,(H,24,27). The monoisotopic (exact) mass is 393 g/mol. The molecule has 9 heteroatoms. The van der Waals surface area contributed by atoms with Gasteiger partial charge in [0.15, 0.2) is 5.69 Å². The Morgan fingerprint density at radius 2 is 1.89 bits per heavy atom. The van der Waals surface area contributed by atoms with Crippen molar-refractivity contribution in [3.8, 4) is 11.4 Å². The first-order valence-corrected chi connectivity index (χ1v) is 8.12. The van der Waals surface area contributed by atoms with Crippen LogP contribution < -0.4 is 10.1 Å². The zero-order valence-electron chi connectivity index (χ0n) is 14.6. The summed E-state index contributed by atoms with van der Waals surface area (Å²) in [6, 6.07) is 11.1. The molecule has 0 aliphatic rings. The first-order valence-electron chi connectivity index (χ1n) is 8.12. The maximum atomic E-state index is 13.6. The molecule has 1 N–H and O–H groups in total. The van der Waals surface area contributed by atoms with Gasteiger partial charge in [-0.2, -0.15) is 18.3 Å². The molecule has 2 aromatic carbocycles. The van der Waals surface area contributed by atoms with Crippen LogP contribution in [-0.2, 0) is 12.7 Å². The molecule has 1 amide bonds. The third-order valence-corrected chi connectivity index (χ3v) is 3.94. The van der Waals surface area contributed by atoms with Crippen molar-refractivity contribution >= 4 is 5.91 Å². The number of hydrogen-bond acceptors (Lipinski definition) is 3. The van der Waals surface area contributed by atoms with Crippen molar-refractivity contribution in [2.24, 2.45) is 0 Å². The quantitative estimate of drug-likeness (QED) is 0.668. The molecule has 0 atom stereocenters. The summed E-state index contributed by atoms with van der Waals surface area (Å²) in [6.07, 6.45) is -4.00. The van der Waals surface area contributed by atoms with Crippen LogP contribution in [0.15, 0.2) is 54.7 Å². The number of ether oxygens (including phenoxy) is 1. The van der Waals surface area contributed by atoms with Crippen LogP contribution in [0.1, 0.15) is 21.6 Å². The molecule has 0 fully saturated rings. The first kappa shape index (κ1) is 19.4. The normalized spacial score (nSPS) is 11.3. The van der Waals surface area contributed by atoms with Gasteiger partial charge in [-0.05, 0) is 42.0 Å². The number of carbonyl (C=O) groups is 1. The van der Waals surface area contributed by atoms with Crippen LogP contribution in [0.3, 0.4) is 0 Å². The molecule has 0 bridgehead atoms. The van der Waals surface area contributed by atoms with Crippen molar-refractivity contribution in [1.29, 1.82) is 0 Å². The van der Waals surface area contributed by atoms with Crippen molar-refractivity contribution in [2.45, 2.75) is 12.7 Å². The Labute approximate surface area is 157 Å². The van der Waals surface area contributed by atoms with Gasteiger partial charge in [-0.3, -0.25) is 4.79 Å². The Morgan fingerprint density at radius 1 is 1.18 bits per heavy atom. The lowest BCUT2D eigenvalue weighted by molar-refractivity contribution is -0.143. The largest absolute Gasteiger partial charge is 0.497 e. The van der Waals surface area contributed by atoms with Gasteiger partial charge in [-0.1, -0.05) is 12.1 Å². The van der Waals surface area contributed by atoms with Gasteiger partial charge < -0.3 is 10.1 Å². The lowest BCUT2D eigenvalue weighted by Gasteiger charge is -2.13. The minimum atomic E-state index is -4.84. The Bertz CT molecular complexity index is 982. The number of nitrogens with one attached hydrogen (secondary N) is 1. The molecule has 28 heavy (non-hydrogen) atoms. The zero-order chi connectivity index (χ0) is 20.3. The lowest BCUT2D eigenvalue weighted by Crippen LogP contribution is -2.26. The van der Waals surface area contributed by atoms with E-state index in [1.807, 2.05) is 0 Å². The molecule has 0 aliphatic heterocycles. The number of methoxy groups -OCH3 is 1. The summed E-state index contributed by atoms with van der Waals surface area (Å²) in [4.78, 5) is 12.4. The molecule has 3 aromatic rings. The molecule has 0 saturated heterocycles. The van der Waals surface area contributed by atoms with Crippen molar-refractivity contribution in [1.82, 2.24) is 15.1 Å². The number of halogens is 4. The average molecular weight is 393 g/mol. The SMILES string of the molecule is COc1cccc(CNC(=O)c2cnn(-c3ccc(F)cc3)c2C(F)(F)F)c1. The molecule has 1 aromatic heterocycles. The van der Waals surface area contributed by atoms with E-state index in [-0.39, 0.29) is 12.2 Å². The van der Waals surface area contributed by atoms with Gasteiger partial charge in [0.05, 0.1) is 24.6 Å². The predicted octanol–water partition coefficient (Wildman–Crippen LogP) is 3.97. The number of benzene rings is 2. The van der Waals surface area contributed by atoms with Crippen LogP contribution in [0.4, 0.5) is 17.6 Å². The number of nitrogens with zero attached hydrogens (tertiary/aromatic N) is 2. The Kier molecular flexibility index (Phi) is 5.34. The molecule has 3 rings (SSSR count). The average Bonchev–Trinajstić information content (AvgIpc) is 3.12. The maximum Gasteiger partial charge on any atom is 0.434 e. The van der Waals surface area contributed by atoms with Crippen LogP contribution in [0.5, 0.6) is 5.75 Å². The molecule has 1 heterocycles. The second-order valence-corrected chi connectivity index (χ2v) is 5.83. The molecule has 5 nitrogen and oxygen atoms in total. The second kappa shape index (κ2) is 7.71. The van der Waals surface area contributed by atoms with E-state index in [0.717, 1.165) is 30.5 Å². The van der Waals surface area contributed by atoms with E-state index < -0.39 is 29.2 Å². The van der Waals surface area contributed by atoms with Gasteiger partial charge in [0.25, 0.3) is 5.91 Å². The molecule has 146 valence electrons. The number of aromatic nitrogens is 2. The highest BCUT2D eigenvalue weighted by Crippen LogP contribution is 2.33. The van der Waals surface area contributed by atoms with Crippen LogP contribution in [0, 0.1) is 5.82 Å². The number of rotatable bonds is 5. The summed E-state index contributed by atoms with van der Waals surface area (Å²) in [5.41, 5.74) is -1.21. The summed E-state index contributed by atoms with van der Waals surface area (Å²) in [5, 5.41) is 6.12. The molecule has 0 aliphatic carbocycles. The van der Waals surface area contributed by atoms with E-state index in [1.165, 1.54) is 7.11 Å². The zero-order valence-corrected chi connectivity index (χ0v) is 14.6. The van der Waals surface area contributed by atoms with Crippen molar-refractivity contribution in [3.63, 3.8) is 0 Å². The Morgan fingerprint density at radius 3 is 2.54 bits per heavy atom. The topological polar surface area (TPSA) is 56.1 Å². The van der Waals surface area contributed by atoms with Gasteiger partial charge in [0, 0.05) is 6.54 Å². The van der Waals surface area contributed by atoms with E-state index in [1.54, 1.807) is 24.3 Å². The molecule has 0 unspecified atom stereocenters. The fraction of sp³-hybridized carbons (Fsp3) is 0.158. The number of amides is 1. The fourth-order valence-electron chi connectivity index (χ4n) is 2.63. The van der Waals surface area contributed by atoms with Crippen LogP contribution in [-0.4, -0.2) is 22.8 Å². The third kappa shape index (κ3) is 4.13. The summed E-state index contributed by atoms with van der Waals surface area (Å²) >= 11 is 0. The fourth-order valence-corrected chi connectivity index (χ4v) is 2.63. The van der Waals surface area contributed by atoms with Gasteiger partial charge in [-0.15, -0.1) is 0 Å². The Balaban J connectivity index is 1.88. The summed E-state index contributed by atoms with van der Waals surface area (Å²) < 4.78 is 59.5. The molecule has 0 radical (unpaired) electrons. The highest BCUT2D eigenvalue weighted by molar-refractivity contribution is 5.95. The van der Waals surface area contributed by atoms with E-state index in [0.29, 0.717) is 16.0 Å². The van der Waals surface area contributed by atoms with Crippen molar-refractivity contribution in [3.05, 3.63) is 77.4 Å². The lowest BCUT2D eigenvalue weighted by atomic mass is 10.2. The number of alkyl halides is 3. The molecule has 0 spiro atoms. The number of carbonyl (C=O) groups excluding carboxylic acids is 1.